The van der Waals surface area contributed by atoms with Crippen LogP contribution in [0.4, 0.5) is 23.7 Å². The minimum atomic E-state index is -4.79. The summed E-state index contributed by atoms with van der Waals surface area (Å²) in [5.41, 5.74) is 8.04. The zero-order valence-corrected chi connectivity index (χ0v) is 17.7. The van der Waals surface area contributed by atoms with Crippen LogP contribution in [0.5, 0.6) is 5.75 Å². The number of nitrogens with zero attached hydrogens (tertiary/aromatic N) is 1. The third-order valence-electron chi connectivity index (χ3n) is 4.48. The molecule has 0 aliphatic rings. The second kappa shape index (κ2) is 10.7. The predicted molar refractivity (Wildman–Crippen MR) is 117 cm³/mol. The van der Waals surface area contributed by atoms with Gasteiger partial charge in [-0.25, -0.2) is 10.2 Å². The Balaban J connectivity index is 1.64. The number of nitriles is 1. The molecule has 2 amide bonds. The predicted octanol–water partition coefficient (Wildman–Crippen LogP) is 5.72. The second-order valence-corrected chi connectivity index (χ2v) is 7.35. The van der Waals surface area contributed by atoms with E-state index in [1.807, 2.05) is 18.2 Å². The van der Waals surface area contributed by atoms with E-state index >= 15 is 0 Å². The Morgan fingerprint density at radius 2 is 1.76 bits per heavy atom. The van der Waals surface area contributed by atoms with Gasteiger partial charge in [0.15, 0.2) is 0 Å². The molecule has 0 aliphatic heterocycles. The zero-order chi connectivity index (χ0) is 23.8. The number of amides is 2. The van der Waals surface area contributed by atoms with Crippen LogP contribution < -0.4 is 20.9 Å². The number of hydrazine groups is 1. The topological polar surface area (TPSA) is 86.2 Å². The summed E-state index contributed by atoms with van der Waals surface area (Å²) in [7, 11) is 0. The van der Waals surface area contributed by atoms with Crippen LogP contribution in [0, 0.1) is 11.3 Å². The molecule has 0 aliphatic carbocycles. The molecular weight excluding hydrogens is 457 g/mol. The van der Waals surface area contributed by atoms with Crippen molar-refractivity contribution in [3.63, 3.8) is 0 Å². The number of halogens is 4. The minimum absolute atomic E-state index is 0.273. The molecule has 0 heterocycles. The van der Waals surface area contributed by atoms with E-state index in [2.05, 4.69) is 27.0 Å². The van der Waals surface area contributed by atoms with E-state index in [-0.39, 0.29) is 11.7 Å². The number of carbonyl (C=O) groups excluding carboxylic acids is 1. The Kier molecular flexibility index (Phi) is 7.77. The number of nitrogens with one attached hydrogen (secondary N) is 3. The molecule has 33 heavy (non-hydrogen) atoms. The summed E-state index contributed by atoms with van der Waals surface area (Å²) < 4.78 is 40.6. The van der Waals surface area contributed by atoms with E-state index in [0.717, 1.165) is 23.3 Å². The molecule has 1 atom stereocenters. The lowest BCUT2D eigenvalue weighted by Gasteiger charge is -2.20. The molecule has 3 aromatic carbocycles. The lowest BCUT2D eigenvalue weighted by atomic mass is 9.99. The van der Waals surface area contributed by atoms with Crippen LogP contribution in [0.3, 0.4) is 0 Å². The molecule has 170 valence electrons. The number of ether oxygens (including phenoxy) is 1. The van der Waals surface area contributed by atoms with E-state index in [4.69, 9.17) is 16.9 Å². The molecule has 0 saturated heterocycles. The van der Waals surface area contributed by atoms with Crippen molar-refractivity contribution in [2.45, 2.75) is 18.8 Å². The normalized spacial score (nSPS) is 11.8. The molecule has 0 spiro atoms. The fourth-order valence-electron chi connectivity index (χ4n) is 2.98. The third-order valence-corrected chi connectivity index (χ3v) is 4.71. The van der Waals surface area contributed by atoms with Crippen molar-refractivity contribution in [3.05, 3.63) is 94.5 Å². The van der Waals surface area contributed by atoms with E-state index in [1.54, 1.807) is 30.3 Å². The van der Waals surface area contributed by atoms with Crippen LogP contribution in [0.25, 0.3) is 0 Å². The van der Waals surface area contributed by atoms with E-state index in [9.17, 15) is 18.0 Å². The summed E-state index contributed by atoms with van der Waals surface area (Å²) >= 11 is 6.11. The second-order valence-electron chi connectivity index (χ2n) is 6.92. The number of urea groups is 1. The van der Waals surface area contributed by atoms with Gasteiger partial charge in [-0.05, 0) is 66.1 Å². The summed E-state index contributed by atoms with van der Waals surface area (Å²) in [5.74, 6) is -0.393. The number of benzene rings is 3. The van der Waals surface area contributed by atoms with Gasteiger partial charge in [-0.1, -0.05) is 35.9 Å². The SMILES string of the molecule is N#Cc1ccc(CC(NNC(=O)Nc2ccc(OC(F)(F)F)cc2)c2cccc(Cl)c2)cc1. The molecule has 6 nitrogen and oxygen atoms in total. The number of hydrogen-bond donors (Lipinski definition) is 3. The van der Waals surface area contributed by atoms with Crippen molar-refractivity contribution in [3.8, 4) is 11.8 Å². The first-order chi connectivity index (χ1) is 15.7. The number of anilines is 1. The summed E-state index contributed by atoms with van der Waals surface area (Å²) in [6.45, 7) is 0. The van der Waals surface area contributed by atoms with Gasteiger partial charge in [-0.2, -0.15) is 5.26 Å². The number of carbonyl (C=O) groups is 1. The van der Waals surface area contributed by atoms with Crippen molar-refractivity contribution in [1.29, 1.82) is 5.26 Å². The van der Waals surface area contributed by atoms with Crippen molar-refractivity contribution in [2.75, 3.05) is 5.32 Å². The van der Waals surface area contributed by atoms with Crippen LogP contribution in [-0.2, 0) is 6.42 Å². The highest BCUT2D eigenvalue weighted by Gasteiger charge is 2.31. The Hall–Kier alpha value is -3.74. The Morgan fingerprint density at radius 1 is 1.06 bits per heavy atom. The van der Waals surface area contributed by atoms with Gasteiger partial charge >= 0.3 is 12.4 Å². The first-order valence-corrected chi connectivity index (χ1v) is 10.0. The third kappa shape index (κ3) is 7.71. The monoisotopic (exact) mass is 474 g/mol. The van der Waals surface area contributed by atoms with Crippen LogP contribution in [0.15, 0.2) is 72.8 Å². The van der Waals surface area contributed by atoms with E-state index < -0.39 is 18.1 Å². The molecule has 0 saturated carbocycles. The molecular formula is C23H18ClF3N4O2. The van der Waals surface area contributed by atoms with Gasteiger partial charge < -0.3 is 10.1 Å². The maximum Gasteiger partial charge on any atom is 0.573 e. The van der Waals surface area contributed by atoms with Gasteiger partial charge in [0.1, 0.15) is 5.75 Å². The average molecular weight is 475 g/mol. The molecule has 0 bridgehead atoms. The lowest BCUT2D eigenvalue weighted by Crippen LogP contribution is -2.43. The molecule has 0 aromatic heterocycles. The maximum atomic E-state index is 12.3. The van der Waals surface area contributed by atoms with Crippen LogP contribution in [0.2, 0.25) is 5.02 Å². The van der Waals surface area contributed by atoms with Gasteiger partial charge in [0.25, 0.3) is 0 Å². The highest BCUT2D eigenvalue weighted by molar-refractivity contribution is 6.30. The fraction of sp³-hybridized carbons (Fsp3) is 0.130. The summed E-state index contributed by atoms with van der Waals surface area (Å²) in [6, 6.07) is 20.0. The van der Waals surface area contributed by atoms with Crippen LogP contribution >= 0.6 is 11.6 Å². The zero-order valence-electron chi connectivity index (χ0n) is 17.0. The number of rotatable bonds is 7. The van der Waals surface area contributed by atoms with Crippen molar-refractivity contribution < 1.29 is 22.7 Å². The maximum absolute atomic E-state index is 12.3. The standard InChI is InChI=1S/C23H18ClF3N4O2/c24-18-3-1-2-17(13-18)21(12-15-4-6-16(14-28)7-5-15)30-31-22(32)29-19-8-10-20(11-9-19)33-23(25,26)27/h1-11,13,21,30H,12H2,(H2,29,31,32). The molecule has 3 aromatic rings. The lowest BCUT2D eigenvalue weighted by molar-refractivity contribution is -0.274. The van der Waals surface area contributed by atoms with Gasteiger partial charge in [-0.15, -0.1) is 13.2 Å². The molecule has 1 unspecified atom stereocenters. The summed E-state index contributed by atoms with van der Waals surface area (Å²) in [4.78, 5) is 12.3. The summed E-state index contributed by atoms with van der Waals surface area (Å²) in [5, 5.41) is 12.0. The highest BCUT2D eigenvalue weighted by atomic mass is 35.5. The first-order valence-electron chi connectivity index (χ1n) is 9.65. The fourth-order valence-corrected chi connectivity index (χ4v) is 3.18. The average Bonchev–Trinajstić information content (AvgIpc) is 2.77. The Bertz CT molecular complexity index is 1130. The molecule has 10 heteroatoms. The van der Waals surface area contributed by atoms with Gasteiger partial charge in [0.05, 0.1) is 17.7 Å². The van der Waals surface area contributed by atoms with E-state index in [0.29, 0.717) is 17.0 Å². The largest absolute Gasteiger partial charge is 0.573 e. The smallest absolute Gasteiger partial charge is 0.406 e. The Labute approximate surface area is 192 Å². The molecule has 3 N–H and O–H groups in total. The first kappa shape index (κ1) is 23.9. The number of alkyl halides is 3. The van der Waals surface area contributed by atoms with Crippen molar-refractivity contribution in [2.24, 2.45) is 0 Å². The summed E-state index contributed by atoms with van der Waals surface area (Å²) in [6.07, 6.45) is -4.31. The van der Waals surface area contributed by atoms with Crippen molar-refractivity contribution in [1.82, 2.24) is 10.9 Å². The van der Waals surface area contributed by atoms with Gasteiger partial charge in [0, 0.05) is 10.7 Å². The Morgan fingerprint density at radius 3 is 2.36 bits per heavy atom. The number of hydrogen-bond acceptors (Lipinski definition) is 4. The molecule has 0 fully saturated rings. The van der Waals surface area contributed by atoms with Crippen LogP contribution in [-0.4, -0.2) is 12.4 Å². The van der Waals surface area contributed by atoms with Gasteiger partial charge in [-0.3, -0.25) is 5.43 Å². The molecule has 0 radical (unpaired) electrons. The van der Waals surface area contributed by atoms with Gasteiger partial charge in [0.2, 0.25) is 0 Å². The minimum Gasteiger partial charge on any atom is -0.406 e. The van der Waals surface area contributed by atoms with Crippen LogP contribution in [0.1, 0.15) is 22.7 Å². The highest BCUT2D eigenvalue weighted by Crippen LogP contribution is 2.24. The van der Waals surface area contributed by atoms with Crippen molar-refractivity contribution >= 4 is 23.3 Å². The van der Waals surface area contributed by atoms with E-state index in [1.165, 1.54) is 12.1 Å². The quantitative estimate of drug-likeness (QED) is 0.382. The molecule has 3 rings (SSSR count).